The fourth-order valence-corrected chi connectivity index (χ4v) is 4.60. The van der Waals surface area contributed by atoms with Crippen LogP contribution < -0.4 is 5.32 Å². The van der Waals surface area contributed by atoms with E-state index < -0.39 is 9.04 Å². The van der Waals surface area contributed by atoms with E-state index in [1.165, 1.54) is 25.3 Å². The van der Waals surface area contributed by atoms with Crippen LogP contribution in [0, 0.1) is 0 Å². The fraction of sp³-hybridized carbons (Fsp3) is 1.00. The minimum Gasteiger partial charge on any atom is -0.418 e. The molecule has 0 aromatic carbocycles. The summed E-state index contributed by atoms with van der Waals surface area (Å²) in [5, 5.41) is 3.36. The summed E-state index contributed by atoms with van der Waals surface area (Å²) in [6.45, 7) is 3.27. The molecule has 1 saturated heterocycles. The smallest absolute Gasteiger partial charge is 0.193 e. The molecule has 3 heteroatoms. The molecule has 0 bridgehead atoms. The summed E-state index contributed by atoms with van der Waals surface area (Å²) < 4.78 is 5.80. The van der Waals surface area contributed by atoms with Gasteiger partial charge in [0.15, 0.2) is 9.04 Å². The summed E-state index contributed by atoms with van der Waals surface area (Å²) in [5.41, 5.74) is 0.704. The van der Waals surface area contributed by atoms with Crippen LogP contribution in [0.25, 0.3) is 0 Å². The highest BCUT2D eigenvalue weighted by atomic mass is 28.3. The minimum atomic E-state index is -0.852. The van der Waals surface area contributed by atoms with Crippen LogP contribution in [0.4, 0.5) is 0 Å². The van der Waals surface area contributed by atoms with Crippen LogP contribution in [0.2, 0.25) is 6.04 Å². The van der Waals surface area contributed by atoms with E-state index in [1.807, 2.05) is 0 Å². The largest absolute Gasteiger partial charge is 0.418 e. The van der Waals surface area contributed by atoms with Crippen LogP contribution in [-0.2, 0) is 4.43 Å². The van der Waals surface area contributed by atoms with Crippen LogP contribution in [-0.4, -0.2) is 28.4 Å². The molecule has 66 valence electrons. The number of rotatable bonds is 3. The third-order valence-corrected chi connectivity index (χ3v) is 5.82. The van der Waals surface area contributed by atoms with Crippen LogP contribution in [0.3, 0.4) is 0 Å². The third-order valence-electron chi connectivity index (χ3n) is 2.47. The Hall–Kier alpha value is 0.137. The van der Waals surface area contributed by atoms with Gasteiger partial charge in [0.25, 0.3) is 0 Å². The average molecular weight is 173 g/mol. The van der Waals surface area contributed by atoms with Crippen molar-refractivity contribution >= 4 is 9.04 Å². The van der Waals surface area contributed by atoms with E-state index in [4.69, 9.17) is 4.43 Å². The molecule has 2 nitrogen and oxygen atoms in total. The molecule has 0 spiro atoms. The highest BCUT2D eigenvalue weighted by Gasteiger charge is 2.23. The molecule has 1 rings (SSSR count). The van der Waals surface area contributed by atoms with Crippen molar-refractivity contribution in [3.63, 3.8) is 0 Å². The maximum absolute atomic E-state index is 5.80. The van der Waals surface area contributed by atoms with Crippen LogP contribution in [0.1, 0.15) is 26.2 Å². The van der Waals surface area contributed by atoms with E-state index in [0.717, 1.165) is 6.61 Å². The Balaban J connectivity index is 2.30. The van der Waals surface area contributed by atoms with Gasteiger partial charge >= 0.3 is 0 Å². The highest BCUT2D eigenvalue weighted by Crippen LogP contribution is 2.14. The average Bonchev–Trinajstić information content (AvgIpc) is 2.09. The quantitative estimate of drug-likeness (QED) is 0.644. The summed E-state index contributed by atoms with van der Waals surface area (Å²) >= 11 is 0. The third kappa shape index (κ3) is 2.58. The molecule has 1 fully saturated rings. The van der Waals surface area contributed by atoms with Gasteiger partial charge in [-0.25, -0.2) is 0 Å². The maximum atomic E-state index is 5.80. The summed E-state index contributed by atoms with van der Waals surface area (Å²) in [6, 6.07) is 1.37. The molecule has 2 atom stereocenters. The van der Waals surface area contributed by atoms with E-state index in [0.29, 0.717) is 5.67 Å². The standard InChI is InChI=1S/C8H19NOSi/c1-3-8(9-2)11-7-5-4-6-10-11/h8-9,11H,3-7H2,1-2H3. The van der Waals surface area contributed by atoms with Crippen molar-refractivity contribution in [3.8, 4) is 0 Å². The summed E-state index contributed by atoms with van der Waals surface area (Å²) in [6.07, 6.45) is 3.91. The van der Waals surface area contributed by atoms with Gasteiger partial charge in [-0.2, -0.15) is 0 Å². The lowest BCUT2D eigenvalue weighted by molar-refractivity contribution is 0.275. The monoisotopic (exact) mass is 173 g/mol. The van der Waals surface area contributed by atoms with Gasteiger partial charge in [-0.05, 0) is 25.9 Å². The van der Waals surface area contributed by atoms with E-state index in [9.17, 15) is 0 Å². The maximum Gasteiger partial charge on any atom is 0.193 e. The minimum absolute atomic E-state index is 0.704. The summed E-state index contributed by atoms with van der Waals surface area (Å²) in [4.78, 5) is 0. The first-order valence-electron chi connectivity index (χ1n) is 4.67. The lowest BCUT2D eigenvalue weighted by atomic mass is 10.4. The fourth-order valence-electron chi connectivity index (χ4n) is 1.74. The van der Waals surface area contributed by atoms with Crippen molar-refractivity contribution in [1.82, 2.24) is 5.32 Å². The van der Waals surface area contributed by atoms with Crippen LogP contribution >= 0.6 is 0 Å². The Kier molecular flexibility index (Phi) is 4.11. The molecule has 1 N–H and O–H groups in total. The molecule has 0 saturated carbocycles. The molecule has 0 aromatic rings. The van der Waals surface area contributed by atoms with Gasteiger partial charge in [0.2, 0.25) is 0 Å². The molecule has 1 aliphatic rings. The molecule has 0 amide bonds. The Labute approximate surface area is 71.1 Å². The second-order valence-corrected chi connectivity index (χ2v) is 6.00. The van der Waals surface area contributed by atoms with E-state index in [1.54, 1.807) is 0 Å². The SMILES string of the molecule is CCC(NC)[SiH]1CCCCO1. The van der Waals surface area contributed by atoms with Crippen molar-refractivity contribution in [2.75, 3.05) is 13.7 Å². The number of hydrogen-bond donors (Lipinski definition) is 1. The van der Waals surface area contributed by atoms with E-state index in [2.05, 4.69) is 19.3 Å². The van der Waals surface area contributed by atoms with Crippen molar-refractivity contribution in [2.24, 2.45) is 0 Å². The summed E-state index contributed by atoms with van der Waals surface area (Å²) in [7, 11) is 1.20. The molecule has 1 aliphatic heterocycles. The Morgan fingerprint density at radius 2 is 2.36 bits per heavy atom. The second kappa shape index (κ2) is 4.90. The van der Waals surface area contributed by atoms with Gasteiger partial charge in [-0.1, -0.05) is 13.3 Å². The van der Waals surface area contributed by atoms with Crippen molar-refractivity contribution in [1.29, 1.82) is 0 Å². The van der Waals surface area contributed by atoms with Gasteiger partial charge in [0.05, 0.1) is 0 Å². The number of nitrogens with one attached hydrogen (secondary N) is 1. The first kappa shape index (κ1) is 9.23. The Morgan fingerprint density at radius 1 is 1.55 bits per heavy atom. The molecular formula is C8H19NOSi. The molecule has 0 aromatic heterocycles. The van der Waals surface area contributed by atoms with Crippen LogP contribution in [0.15, 0.2) is 0 Å². The molecule has 0 radical (unpaired) electrons. The summed E-state index contributed by atoms with van der Waals surface area (Å²) in [5.74, 6) is 0. The molecule has 11 heavy (non-hydrogen) atoms. The lowest BCUT2D eigenvalue weighted by Crippen LogP contribution is -2.44. The second-order valence-electron chi connectivity index (χ2n) is 3.21. The Bertz CT molecular complexity index is 100. The first-order chi connectivity index (χ1) is 5.38. The predicted molar refractivity (Wildman–Crippen MR) is 50.3 cm³/mol. The predicted octanol–water partition coefficient (Wildman–Crippen LogP) is 1.06. The normalized spacial score (nSPS) is 28.4. The first-order valence-corrected chi connectivity index (χ1v) is 6.62. The van der Waals surface area contributed by atoms with Gasteiger partial charge in [0, 0.05) is 12.3 Å². The molecule has 1 heterocycles. The van der Waals surface area contributed by atoms with Crippen molar-refractivity contribution in [2.45, 2.75) is 37.9 Å². The molecule has 0 aliphatic carbocycles. The van der Waals surface area contributed by atoms with Crippen LogP contribution in [0.5, 0.6) is 0 Å². The molecule has 2 unspecified atom stereocenters. The zero-order chi connectivity index (χ0) is 8.10. The highest BCUT2D eigenvalue weighted by molar-refractivity contribution is 6.53. The van der Waals surface area contributed by atoms with E-state index in [-0.39, 0.29) is 0 Å². The van der Waals surface area contributed by atoms with Crippen molar-refractivity contribution in [3.05, 3.63) is 0 Å². The molecular weight excluding hydrogens is 154 g/mol. The Morgan fingerprint density at radius 3 is 2.82 bits per heavy atom. The zero-order valence-corrected chi connectivity index (χ0v) is 8.75. The van der Waals surface area contributed by atoms with Crippen molar-refractivity contribution < 1.29 is 4.43 Å². The van der Waals surface area contributed by atoms with Gasteiger partial charge < -0.3 is 9.74 Å². The zero-order valence-electron chi connectivity index (χ0n) is 7.60. The lowest BCUT2D eigenvalue weighted by Gasteiger charge is -2.27. The van der Waals surface area contributed by atoms with Gasteiger partial charge in [-0.15, -0.1) is 0 Å². The van der Waals surface area contributed by atoms with E-state index >= 15 is 0 Å². The van der Waals surface area contributed by atoms with Gasteiger partial charge in [0.1, 0.15) is 0 Å². The number of hydrogen-bond acceptors (Lipinski definition) is 2. The van der Waals surface area contributed by atoms with Gasteiger partial charge in [-0.3, -0.25) is 0 Å². The topological polar surface area (TPSA) is 21.3 Å².